The maximum absolute atomic E-state index is 6.34. The first-order chi connectivity index (χ1) is 10.6. The van der Waals surface area contributed by atoms with Crippen LogP contribution in [0, 0.1) is 0 Å². The number of hydrogen-bond acceptors (Lipinski definition) is 5. The summed E-state index contributed by atoms with van der Waals surface area (Å²) < 4.78 is 9.04. The van der Waals surface area contributed by atoms with Crippen molar-refractivity contribution in [1.29, 1.82) is 0 Å². The van der Waals surface area contributed by atoms with Gasteiger partial charge in [0, 0.05) is 24.4 Å². The van der Waals surface area contributed by atoms with Crippen LogP contribution in [-0.4, -0.2) is 27.4 Å². The first-order valence-electron chi connectivity index (χ1n) is 7.60. The van der Waals surface area contributed by atoms with E-state index in [9.17, 15) is 0 Å². The van der Waals surface area contributed by atoms with Gasteiger partial charge >= 0.3 is 0 Å². The number of nitrogens with one attached hydrogen (secondary N) is 1. The number of halogens is 1. The second kappa shape index (κ2) is 5.30. The molecule has 5 nitrogen and oxygen atoms in total. The Morgan fingerprint density at radius 2 is 2.36 bits per heavy atom. The Kier molecular flexibility index (Phi) is 3.52. The second-order valence-corrected chi connectivity index (χ2v) is 7.95. The van der Waals surface area contributed by atoms with E-state index >= 15 is 0 Å². The van der Waals surface area contributed by atoms with Gasteiger partial charge in [-0.1, -0.05) is 11.6 Å². The highest BCUT2D eigenvalue weighted by atomic mass is 35.5. The molecule has 0 aliphatic carbocycles. The quantitative estimate of drug-likeness (QED) is 0.868. The lowest BCUT2D eigenvalue weighted by Gasteiger charge is -2.45. The molecule has 3 atom stereocenters. The Bertz CT molecular complexity index is 700. The molecule has 2 aromatic rings. The average Bonchev–Trinajstić information content (AvgIpc) is 3.04. The van der Waals surface area contributed by atoms with Crippen LogP contribution >= 0.6 is 22.9 Å². The van der Waals surface area contributed by atoms with Crippen molar-refractivity contribution in [3.63, 3.8) is 0 Å². The first kappa shape index (κ1) is 14.6. The molecule has 4 heterocycles. The summed E-state index contributed by atoms with van der Waals surface area (Å²) in [6.07, 6.45) is 4.40. The van der Waals surface area contributed by atoms with Crippen molar-refractivity contribution < 1.29 is 4.74 Å². The molecule has 4 rings (SSSR count). The summed E-state index contributed by atoms with van der Waals surface area (Å²) >= 11 is 7.94. The van der Waals surface area contributed by atoms with Crippen LogP contribution in [-0.2, 0) is 23.8 Å². The van der Waals surface area contributed by atoms with Gasteiger partial charge in [-0.25, -0.2) is 4.98 Å². The molecule has 0 saturated carbocycles. The highest BCUT2D eigenvalue weighted by molar-refractivity contribution is 7.16. The molecule has 7 heteroatoms. The van der Waals surface area contributed by atoms with Crippen molar-refractivity contribution in [2.75, 3.05) is 6.61 Å². The van der Waals surface area contributed by atoms with E-state index in [1.807, 2.05) is 11.7 Å². The SMILES string of the molecule is C[C@H]1C[C@@]2(C[C@@H](c3ncnn3C)N1)OCCc1cc(Cl)sc12. The third kappa shape index (κ3) is 2.29. The van der Waals surface area contributed by atoms with Gasteiger partial charge in [-0.3, -0.25) is 4.68 Å². The van der Waals surface area contributed by atoms with E-state index in [2.05, 4.69) is 28.4 Å². The Labute approximate surface area is 138 Å². The van der Waals surface area contributed by atoms with Crippen LogP contribution in [0.4, 0.5) is 0 Å². The van der Waals surface area contributed by atoms with Gasteiger partial charge in [-0.2, -0.15) is 5.10 Å². The smallest absolute Gasteiger partial charge is 0.143 e. The molecular formula is C15H19ClN4OS. The zero-order valence-electron chi connectivity index (χ0n) is 12.7. The minimum atomic E-state index is -0.243. The summed E-state index contributed by atoms with van der Waals surface area (Å²) in [4.78, 5) is 5.73. The van der Waals surface area contributed by atoms with Crippen LogP contribution < -0.4 is 5.32 Å². The fraction of sp³-hybridized carbons (Fsp3) is 0.600. The first-order valence-corrected chi connectivity index (χ1v) is 8.79. The highest BCUT2D eigenvalue weighted by Gasteiger charge is 2.46. The van der Waals surface area contributed by atoms with E-state index in [1.54, 1.807) is 17.7 Å². The molecule has 0 bridgehead atoms. The van der Waals surface area contributed by atoms with Crippen LogP contribution in [0.3, 0.4) is 0 Å². The van der Waals surface area contributed by atoms with Crippen LogP contribution in [0.1, 0.15) is 42.1 Å². The van der Waals surface area contributed by atoms with Crippen molar-refractivity contribution >= 4 is 22.9 Å². The lowest BCUT2D eigenvalue weighted by Crippen LogP contribution is -2.50. The van der Waals surface area contributed by atoms with E-state index in [-0.39, 0.29) is 11.6 Å². The number of rotatable bonds is 1. The van der Waals surface area contributed by atoms with E-state index in [4.69, 9.17) is 16.3 Å². The molecule has 0 aromatic carbocycles. The molecule has 0 unspecified atom stereocenters. The van der Waals surface area contributed by atoms with E-state index in [0.717, 1.165) is 36.0 Å². The lowest BCUT2D eigenvalue weighted by molar-refractivity contribution is -0.0963. The third-order valence-electron chi connectivity index (χ3n) is 4.66. The molecule has 0 radical (unpaired) electrons. The maximum Gasteiger partial charge on any atom is 0.143 e. The molecule has 22 heavy (non-hydrogen) atoms. The average molecular weight is 339 g/mol. The van der Waals surface area contributed by atoms with Gasteiger partial charge in [0.25, 0.3) is 0 Å². The van der Waals surface area contributed by atoms with Crippen LogP contribution in [0.25, 0.3) is 0 Å². The monoisotopic (exact) mass is 338 g/mol. The number of fused-ring (bicyclic) bond motifs is 2. The van der Waals surface area contributed by atoms with E-state index in [1.165, 1.54) is 10.4 Å². The third-order valence-corrected chi connectivity index (χ3v) is 6.15. The van der Waals surface area contributed by atoms with Crippen molar-refractivity contribution in [3.05, 3.63) is 33.0 Å². The zero-order valence-corrected chi connectivity index (χ0v) is 14.2. The molecule has 1 fully saturated rings. The molecule has 2 aliphatic heterocycles. The van der Waals surface area contributed by atoms with Crippen LogP contribution in [0.5, 0.6) is 0 Å². The van der Waals surface area contributed by atoms with Crippen molar-refractivity contribution in [1.82, 2.24) is 20.1 Å². The Hall–Kier alpha value is -0.950. The summed E-state index contributed by atoms with van der Waals surface area (Å²) in [7, 11) is 1.94. The Morgan fingerprint density at radius 1 is 1.50 bits per heavy atom. The predicted octanol–water partition coefficient (Wildman–Crippen LogP) is 2.81. The highest BCUT2D eigenvalue weighted by Crippen LogP contribution is 2.49. The summed E-state index contributed by atoms with van der Waals surface area (Å²) in [5.41, 5.74) is 1.11. The minimum Gasteiger partial charge on any atom is -0.369 e. The minimum absolute atomic E-state index is 0.142. The van der Waals surface area contributed by atoms with Crippen molar-refractivity contribution in [3.8, 4) is 0 Å². The largest absolute Gasteiger partial charge is 0.369 e. The molecule has 2 aliphatic rings. The van der Waals surface area contributed by atoms with E-state index in [0.29, 0.717) is 6.04 Å². The summed E-state index contributed by atoms with van der Waals surface area (Å²) in [5.74, 6) is 0.962. The number of ether oxygens (including phenoxy) is 1. The van der Waals surface area contributed by atoms with E-state index < -0.39 is 0 Å². The zero-order chi connectivity index (χ0) is 15.3. The molecule has 0 amide bonds. The fourth-order valence-electron chi connectivity index (χ4n) is 3.85. The van der Waals surface area contributed by atoms with Crippen molar-refractivity contribution in [2.24, 2.45) is 7.05 Å². The number of thiophene rings is 1. The van der Waals surface area contributed by atoms with Gasteiger partial charge in [0.15, 0.2) is 0 Å². The molecule has 1 spiro atoms. The predicted molar refractivity (Wildman–Crippen MR) is 86.2 cm³/mol. The van der Waals surface area contributed by atoms with Gasteiger partial charge in [0.2, 0.25) is 0 Å². The van der Waals surface area contributed by atoms with Gasteiger partial charge in [0.05, 0.1) is 17.0 Å². The number of piperidine rings is 1. The second-order valence-electron chi connectivity index (χ2n) is 6.27. The maximum atomic E-state index is 6.34. The topological polar surface area (TPSA) is 52.0 Å². The Morgan fingerprint density at radius 3 is 3.14 bits per heavy atom. The van der Waals surface area contributed by atoms with Crippen LogP contribution in [0.15, 0.2) is 12.4 Å². The molecule has 1 N–H and O–H groups in total. The summed E-state index contributed by atoms with van der Waals surface area (Å²) in [6, 6.07) is 2.60. The molecular weight excluding hydrogens is 320 g/mol. The van der Waals surface area contributed by atoms with Gasteiger partial charge in [0.1, 0.15) is 17.8 Å². The fourth-order valence-corrected chi connectivity index (χ4v) is 5.31. The van der Waals surface area contributed by atoms with Gasteiger partial charge < -0.3 is 10.1 Å². The normalized spacial score (nSPS) is 31.4. The number of aryl methyl sites for hydroxylation is 1. The number of hydrogen-bond donors (Lipinski definition) is 1. The van der Waals surface area contributed by atoms with Crippen molar-refractivity contribution in [2.45, 2.75) is 43.9 Å². The molecule has 1 saturated heterocycles. The molecule has 2 aromatic heterocycles. The Balaban J connectivity index is 1.74. The van der Waals surface area contributed by atoms with Gasteiger partial charge in [-0.05, 0) is 31.4 Å². The summed E-state index contributed by atoms with van der Waals surface area (Å²) in [6.45, 7) is 2.97. The van der Waals surface area contributed by atoms with Gasteiger partial charge in [-0.15, -0.1) is 11.3 Å². The molecule has 118 valence electrons. The standard InChI is InChI=1S/C15H19ClN4OS/c1-9-6-15(7-11(19-9)14-17-8-18-20(14)2)13-10(3-4-21-15)5-12(16)22-13/h5,8-9,11,19H,3-4,6-7H2,1-2H3/t9-,11-,15-/m0/s1. The number of nitrogens with zero attached hydrogens (tertiary/aromatic N) is 3. The lowest BCUT2D eigenvalue weighted by atomic mass is 9.79. The summed E-state index contributed by atoms with van der Waals surface area (Å²) in [5, 5.41) is 7.84. The number of aromatic nitrogens is 3. The van der Waals surface area contributed by atoms with Crippen LogP contribution in [0.2, 0.25) is 4.34 Å².